The van der Waals surface area contributed by atoms with Gasteiger partial charge in [0.05, 0.1) is 17.6 Å². The maximum atomic E-state index is 6.16. The fraction of sp³-hybridized carbons (Fsp3) is 0.310. The predicted molar refractivity (Wildman–Crippen MR) is 138 cm³/mol. The van der Waals surface area contributed by atoms with Gasteiger partial charge in [0.25, 0.3) is 0 Å². The molecule has 33 heavy (non-hydrogen) atoms. The number of ether oxygens (including phenoxy) is 2. The van der Waals surface area contributed by atoms with Gasteiger partial charge in [0.1, 0.15) is 6.61 Å². The lowest BCUT2D eigenvalue weighted by Crippen LogP contribution is -2.29. The van der Waals surface area contributed by atoms with Crippen LogP contribution in [0.4, 0.5) is 5.69 Å². The maximum Gasteiger partial charge on any atom is 0.175 e. The first kappa shape index (κ1) is 22.1. The Morgan fingerprint density at radius 3 is 2.64 bits per heavy atom. The summed E-state index contributed by atoms with van der Waals surface area (Å²) in [6.07, 6.45) is 5.80. The Balaban J connectivity index is 1.46. The Kier molecular flexibility index (Phi) is 6.20. The van der Waals surface area contributed by atoms with E-state index in [9.17, 15) is 0 Å². The van der Waals surface area contributed by atoms with Crippen molar-refractivity contribution in [1.82, 2.24) is 0 Å². The molecule has 0 saturated carbocycles. The van der Waals surface area contributed by atoms with Crippen molar-refractivity contribution in [3.8, 4) is 11.5 Å². The molecule has 1 N–H and O–H groups in total. The van der Waals surface area contributed by atoms with Gasteiger partial charge in [-0.3, -0.25) is 0 Å². The number of allylic oxidation sites excluding steroid dienone is 2. The summed E-state index contributed by atoms with van der Waals surface area (Å²) in [5, 5.41) is 3.85. The Hall–Kier alpha value is -2.72. The predicted octanol–water partition coefficient (Wildman–Crippen LogP) is 7.99. The monoisotopic (exact) mass is 503 g/mol. The molecule has 0 saturated heterocycles. The standard InChI is InChI=1S/C29H30BrNO2/c1-18(2)20-12-13-26-24(14-20)22-10-7-11-23(22)28(31-26)21-15-25(30)29(27(16-21)32-3)33-17-19-8-5-4-6-9-19/h4-10,12-16,18,22-23,28,31H,11,17H2,1-3H3/t22-,23+,28+/m1/s1. The summed E-state index contributed by atoms with van der Waals surface area (Å²) < 4.78 is 12.8. The van der Waals surface area contributed by atoms with Crippen LogP contribution in [0.2, 0.25) is 0 Å². The molecule has 3 nitrogen and oxygen atoms in total. The zero-order chi connectivity index (χ0) is 22.9. The third kappa shape index (κ3) is 4.29. The molecule has 5 rings (SSSR count). The van der Waals surface area contributed by atoms with E-state index in [1.807, 2.05) is 18.2 Å². The first-order chi connectivity index (χ1) is 16.0. The Labute approximate surface area is 205 Å². The highest BCUT2D eigenvalue weighted by molar-refractivity contribution is 9.10. The van der Waals surface area contributed by atoms with E-state index < -0.39 is 0 Å². The van der Waals surface area contributed by atoms with Crippen molar-refractivity contribution in [3.05, 3.63) is 99.5 Å². The molecule has 3 aromatic carbocycles. The first-order valence-corrected chi connectivity index (χ1v) is 12.5. The molecule has 2 aliphatic rings. The van der Waals surface area contributed by atoms with E-state index >= 15 is 0 Å². The Morgan fingerprint density at radius 2 is 1.88 bits per heavy atom. The number of rotatable bonds is 6. The maximum absolute atomic E-state index is 6.16. The third-order valence-corrected chi connectivity index (χ3v) is 7.48. The van der Waals surface area contributed by atoms with Crippen LogP contribution in [0.1, 0.15) is 60.4 Å². The van der Waals surface area contributed by atoms with Crippen LogP contribution in [-0.4, -0.2) is 7.11 Å². The Morgan fingerprint density at radius 1 is 1.06 bits per heavy atom. The van der Waals surface area contributed by atoms with Gasteiger partial charge in [0, 0.05) is 11.6 Å². The highest BCUT2D eigenvalue weighted by Gasteiger charge is 2.38. The van der Waals surface area contributed by atoms with Crippen LogP contribution in [0.3, 0.4) is 0 Å². The fourth-order valence-electron chi connectivity index (χ4n) is 5.09. The molecule has 0 aromatic heterocycles. The SMILES string of the molecule is COc1cc([C@@H]2Nc3ccc(C(C)C)cc3[C@@H]3C=CC[C@@H]32)cc(Br)c1OCc1ccccc1. The molecule has 0 unspecified atom stereocenters. The highest BCUT2D eigenvalue weighted by atomic mass is 79.9. The second-order valence-electron chi connectivity index (χ2n) is 9.29. The van der Waals surface area contributed by atoms with Gasteiger partial charge in [-0.25, -0.2) is 0 Å². The molecule has 0 amide bonds. The summed E-state index contributed by atoms with van der Waals surface area (Å²) in [6, 6.07) is 21.6. The van der Waals surface area contributed by atoms with Crippen molar-refractivity contribution in [3.63, 3.8) is 0 Å². The number of nitrogens with one attached hydrogen (secondary N) is 1. The van der Waals surface area contributed by atoms with E-state index in [2.05, 4.69) is 89.7 Å². The van der Waals surface area contributed by atoms with E-state index in [1.165, 1.54) is 22.4 Å². The molecule has 0 fully saturated rings. The lowest BCUT2D eigenvalue weighted by molar-refractivity contribution is 0.282. The van der Waals surface area contributed by atoms with Crippen molar-refractivity contribution >= 4 is 21.6 Å². The summed E-state index contributed by atoms with van der Waals surface area (Å²) in [5.41, 5.74) is 6.39. The van der Waals surface area contributed by atoms with Crippen molar-refractivity contribution in [2.75, 3.05) is 12.4 Å². The minimum atomic E-state index is 0.204. The average molecular weight is 504 g/mol. The minimum Gasteiger partial charge on any atom is -0.493 e. The summed E-state index contributed by atoms with van der Waals surface area (Å²) in [7, 11) is 1.71. The lowest BCUT2D eigenvalue weighted by atomic mass is 9.76. The van der Waals surface area contributed by atoms with E-state index in [0.29, 0.717) is 24.4 Å². The molecule has 3 atom stereocenters. The van der Waals surface area contributed by atoms with Crippen LogP contribution in [-0.2, 0) is 6.61 Å². The number of hydrogen-bond acceptors (Lipinski definition) is 3. The van der Waals surface area contributed by atoms with Gasteiger partial charge >= 0.3 is 0 Å². The number of fused-ring (bicyclic) bond motifs is 3. The van der Waals surface area contributed by atoms with Gasteiger partial charge in [-0.1, -0.05) is 68.5 Å². The minimum absolute atomic E-state index is 0.204. The van der Waals surface area contributed by atoms with Crippen molar-refractivity contribution in [2.24, 2.45) is 5.92 Å². The Bertz CT molecular complexity index is 1170. The van der Waals surface area contributed by atoms with Gasteiger partial charge in [0.2, 0.25) is 0 Å². The molecule has 0 spiro atoms. The van der Waals surface area contributed by atoms with Crippen LogP contribution in [0.15, 0.2) is 77.3 Å². The molecule has 170 valence electrons. The van der Waals surface area contributed by atoms with Gasteiger partial charge in [-0.2, -0.15) is 0 Å². The number of methoxy groups -OCH3 is 1. The largest absolute Gasteiger partial charge is 0.493 e. The van der Waals surface area contributed by atoms with E-state index in [1.54, 1.807) is 7.11 Å². The smallest absolute Gasteiger partial charge is 0.175 e. The third-order valence-electron chi connectivity index (χ3n) is 6.89. The fourth-order valence-corrected chi connectivity index (χ4v) is 5.67. The van der Waals surface area contributed by atoms with Crippen molar-refractivity contribution in [2.45, 2.75) is 44.8 Å². The number of anilines is 1. The van der Waals surface area contributed by atoms with E-state index in [0.717, 1.165) is 28.0 Å². The van der Waals surface area contributed by atoms with Crippen LogP contribution >= 0.6 is 15.9 Å². The molecule has 3 aromatic rings. The molecule has 0 radical (unpaired) electrons. The summed E-state index contributed by atoms with van der Waals surface area (Å²) in [5.74, 6) is 2.93. The van der Waals surface area contributed by atoms with Crippen molar-refractivity contribution < 1.29 is 9.47 Å². The topological polar surface area (TPSA) is 30.5 Å². The molecule has 4 heteroatoms. The number of halogens is 1. The molecular weight excluding hydrogens is 474 g/mol. The van der Waals surface area contributed by atoms with Crippen LogP contribution in [0, 0.1) is 5.92 Å². The second kappa shape index (κ2) is 9.26. The highest BCUT2D eigenvalue weighted by Crippen LogP contribution is 2.51. The summed E-state index contributed by atoms with van der Waals surface area (Å²) in [6.45, 7) is 5.01. The van der Waals surface area contributed by atoms with Gasteiger partial charge in [0.15, 0.2) is 11.5 Å². The normalized spacial score (nSPS) is 20.8. The second-order valence-corrected chi connectivity index (χ2v) is 10.1. The molecule has 1 aliphatic carbocycles. The molecule has 1 heterocycles. The lowest BCUT2D eigenvalue weighted by Gasteiger charge is -2.38. The van der Waals surface area contributed by atoms with Crippen LogP contribution < -0.4 is 14.8 Å². The molecule has 1 aliphatic heterocycles. The van der Waals surface area contributed by atoms with E-state index in [-0.39, 0.29) is 6.04 Å². The van der Waals surface area contributed by atoms with Crippen LogP contribution in [0.25, 0.3) is 0 Å². The molecule has 0 bridgehead atoms. The zero-order valence-electron chi connectivity index (χ0n) is 19.3. The number of benzene rings is 3. The van der Waals surface area contributed by atoms with Crippen LogP contribution in [0.5, 0.6) is 11.5 Å². The number of hydrogen-bond donors (Lipinski definition) is 1. The first-order valence-electron chi connectivity index (χ1n) is 11.7. The van der Waals surface area contributed by atoms with E-state index in [4.69, 9.17) is 9.47 Å². The van der Waals surface area contributed by atoms with Gasteiger partial charge < -0.3 is 14.8 Å². The van der Waals surface area contributed by atoms with Crippen molar-refractivity contribution in [1.29, 1.82) is 0 Å². The zero-order valence-corrected chi connectivity index (χ0v) is 20.9. The van der Waals surface area contributed by atoms with Gasteiger partial charge in [-0.05, 0) is 74.6 Å². The quantitative estimate of drug-likeness (QED) is 0.345. The average Bonchev–Trinajstić information content (AvgIpc) is 3.33. The van der Waals surface area contributed by atoms with Gasteiger partial charge in [-0.15, -0.1) is 0 Å². The molecular formula is C29H30BrNO2. The summed E-state index contributed by atoms with van der Waals surface area (Å²) in [4.78, 5) is 0. The summed E-state index contributed by atoms with van der Waals surface area (Å²) >= 11 is 3.76.